The van der Waals surface area contributed by atoms with E-state index >= 15 is 0 Å². The van der Waals surface area contributed by atoms with Crippen molar-refractivity contribution in [2.75, 3.05) is 13.1 Å². The highest BCUT2D eigenvalue weighted by Crippen LogP contribution is 2.35. The van der Waals surface area contributed by atoms with Gasteiger partial charge in [0.15, 0.2) is 0 Å². The minimum absolute atomic E-state index is 0.0176. The summed E-state index contributed by atoms with van der Waals surface area (Å²) in [5, 5.41) is 11.4. The van der Waals surface area contributed by atoms with Gasteiger partial charge in [0.2, 0.25) is 0 Å². The van der Waals surface area contributed by atoms with Crippen molar-refractivity contribution in [3.63, 3.8) is 0 Å². The zero-order chi connectivity index (χ0) is 16.2. The molecule has 1 atom stereocenters. The Morgan fingerprint density at radius 2 is 1.52 bits per heavy atom. The summed E-state index contributed by atoms with van der Waals surface area (Å²) in [5.74, 6) is 0.362. The van der Waals surface area contributed by atoms with Crippen molar-refractivity contribution in [1.82, 2.24) is 10.2 Å². The maximum absolute atomic E-state index is 10.8. The van der Waals surface area contributed by atoms with Crippen LogP contribution in [0, 0.1) is 5.92 Å². The molecule has 1 aliphatic heterocycles. The van der Waals surface area contributed by atoms with Crippen LogP contribution in [0.1, 0.15) is 24.1 Å². The highest BCUT2D eigenvalue weighted by Gasteiger charge is 2.37. The van der Waals surface area contributed by atoms with Gasteiger partial charge < -0.3 is 10.4 Å². The molecule has 0 aromatic heterocycles. The molecule has 1 heterocycles. The number of nitrogens with one attached hydrogen (secondary N) is 1. The van der Waals surface area contributed by atoms with E-state index in [9.17, 15) is 4.79 Å². The standard InChI is InChI=1S/C19H22N2O2/c1-14(20-19(22)23)17-12-21(13-17)18(15-8-4-2-5-9-15)16-10-6-3-7-11-16/h2-11,14,17-18,20H,12-13H2,1H3,(H,22,23). The van der Waals surface area contributed by atoms with Crippen LogP contribution in [0.4, 0.5) is 4.79 Å². The number of likely N-dealkylation sites (tertiary alicyclic amines) is 1. The summed E-state index contributed by atoms with van der Waals surface area (Å²) >= 11 is 0. The summed E-state index contributed by atoms with van der Waals surface area (Å²) in [6.45, 7) is 3.74. The number of hydrogen-bond donors (Lipinski definition) is 2. The Labute approximate surface area is 136 Å². The van der Waals surface area contributed by atoms with Gasteiger partial charge in [-0.2, -0.15) is 0 Å². The van der Waals surface area contributed by atoms with Gasteiger partial charge in [-0.15, -0.1) is 0 Å². The predicted octanol–water partition coefficient (Wildman–Crippen LogP) is 3.36. The van der Waals surface area contributed by atoms with E-state index in [0.717, 1.165) is 13.1 Å². The molecule has 23 heavy (non-hydrogen) atoms. The minimum atomic E-state index is -0.946. The van der Waals surface area contributed by atoms with E-state index in [2.05, 4.69) is 58.7 Å². The lowest BCUT2D eigenvalue weighted by molar-refractivity contribution is 0.0483. The lowest BCUT2D eigenvalue weighted by Gasteiger charge is -2.47. The molecule has 1 saturated heterocycles. The molecule has 1 amide bonds. The quantitative estimate of drug-likeness (QED) is 0.890. The first kappa shape index (κ1) is 15.6. The second kappa shape index (κ2) is 6.84. The van der Waals surface area contributed by atoms with E-state index in [1.165, 1.54) is 11.1 Å². The van der Waals surface area contributed by atoms with Gasteiger partial charge in [-0.05, 0) is 18.1 Å². The summed E-state index contributed by atoms with van der Waals surface area (Å²) in [7, 11) is 0. The molecule has 0 saturated carbocycles. The molecule has 3 rings (SSSR count). The van der Waals surface area contributed by atoms with Crippen molar-refractivity contribution in [3.8, 4) is 0 Å². The molecule has 2 N–H and O–H groups in total. The van der Waals surface area contributed by atoms with Crippen LogP contribution in [0.25, 0.3) is 0 Å². The molecule has 1 unspecified atom stereocenters. The SMILES string of the molecule is CC(NC(=O)O)C1CN(C(c2ccccc2)c2ccccc2)C1. The summed E-state index contributed by atoms with van der Waals surface area (Å²) < 4.78 is 0. The number of rotatable bonds is 5. The smallest absolute Gasteiger partial charge is 0.404 e. The van der Waals surface area contributed by atoms with E-state index < -0.39 is 6.09 Å². The van der Waals surface area contributed by atoms with Crippen molar-refractivity contribution in [3.05, 3.63) is 71.8 Å². The van der Waals surface area contributed by atoms with Crippen LogP contribution in [0.3, 0.4) is 0 Å². The van der Waals surface area contributed by atoms with Gasteiger partial charge in [0.1, 0.15) is 0 Å². The fourth-order valence-electron chi connectivity index (χ4n) is 3.27. The number of hydrogen-bond acceptors (Lipinski definition) is 2. The Bertz CT molecular complexity index is 599. The Morgan fingerprint density at radius 3 is 1.96 bits per heavy atom. The maximum Gasteiger partial charge on any atom is 0.404 e. The molecule has 1 fully saturated rings. The number of carbonyl (C=O) groups is 1. The van der Waals surface area contributed by atoms with Gasteiger partial charge in [-0.3, -0.25) is 4.90 Å². The highest BCUT2D eigenvalue weighted by atomic mass is 16.4. The first-order valence-electron chi connectivity index (χ1n) is 7.98. The molecule has 0 radical (unpaired) electrons. The molecular formula is C19H22N2O2. The zero-order valence-electron chi connectivity index (χ0n) is 13.2. The van der Waals surface area contributed by atoms with Gasteiger partial charge in [-0.1, -0.05) is 60.7 Å². The van der Waals surface area contributed by atoms with Crippen LogP contribution in [0.5, 0.6) is 0 Å². The lowest BCUT2D eigenvalue weighted by atomic mass is 9.87. The molecule has 0 aliphatic carbocycles. The third-order valence-electron chi connectivity index (χ3n) is 4.59. The molecular weight excluding hydrogens is 288 g/mol. The molecule has 0 spiro atoms. The number of nitrogens with zero attached hydrogens (tertiary/aromatic N) is 1. The van der Waals surface area contributed by atoms with Gasteiger partial charge >= 0.3 is 6.09 Å². The maximum atomic E-state index is 10.8. The second-order valence-corrected chi connectivity index (χ2v) is 6.18. The summed E-state index contributed by atoms with van der Waals surface area (Å²) in [6, 6.07) is 21.2. The third-order valence-corrected chi connectivity index (χ3v) is 4.59. The van der Waals surface area contributed by atoms with Gasteiger partial charge in [0, 0.05) is 25.0 Å². The summed E-state index contributed by atoms with van der Waals surface area (Å²) in [6.07, 6.45) is -0.946. The number of amides is 1. The minimum Gasteiger partial charge on any atom is -0.465 e. The molecule has 4 heteroatoms. The monoisotopic (exact) mass is 310 g/mol. The molecule has 4 nitrogen and oxygen atoms in total. The number of benzene rings is 2. The van der Waals surface area contributed by atoms with Crippen LogP contribution < -0.4 is 5.32 Å². The molecule has 2 aromatic carbocycles. The van der Waals surface area contributed by atoms with Gasteiger partial charge in [-0.25, -0.2) is 4.79 Å². The Balaban J connectivity index is 1.75. The van der Waals surface area contributed by atoms with E-state index in [1.807, 2.05) is 19.1 Å². The Kier molecular flexibility index (Phi) is 4.63. The van der Waals surface area contributed by atoms with Crippen molar-refractivity contribution >= 4 is 6.09 Å². The molecule has 0 bridgehead atoms. The second-order valence-electron chi connectivity index (χ2n) is 6.18. The van der Waals surface area contributed by atoms with Crippen molar-refractivity contribution in [2.45, 2.75) is 19.0 Å². The van der Waals surface area contributed by atoms with Gasteiger partial charge in [0.25, 0.3) is 0 Å². The molecule has 1 aliphatic rings. The van der Waals surface area contributed by atoms with Gasteiger partial charge in [0.05, 0.1) is 6.04 Å². The average molecular weight is 310 g/mol. The fraction of sp³-hybridized carbons (Fsp3) is 0.316. The van der Waals surface area contributed by atoms with Crippen molar-refractivity contribution < 1.29 is 9.90 Å². The van der Waals surface area contributed by atoms with E-state index in [4.69, 9.17) is 5.11 Å². The molecule has 120 valence electrons. The first-order valence-corrected chi connectivity index (χ1v) is 7.98. The number of carboxylic acid groups (broad SMARTS) is 1. The first-order chi connectivity index (χ1) is 11.1. The summed E-state index contributed by atoms with van der Waals surface area (Å²) in [4.78, 5) is 13.2. The average Bonchev–Trinajstić information content (AvgIpc) is 2.51. The van der Waals surface area contributed by atoms with Crippen molar-refractivity contribution in [2.24, 2.45) is 5.92 Å². The topological polar surface area (TPSA) is 52.6 Å². The fourth-order valence-corrected chi connectivity index (χ4v) is 3.27. The Hall–Kier alpha value is -2.33. The van der Waals surface area contributed by atoms with Crippen LogP contribution in [0.15, 0.2) is 60.7 Å². The predicted molar refractivity (Wildman–Crippen MR) is 90.4 cm³/mol. The third kappa shape index (κ3) is 3.54. The largest absolute Gasteiger partial charge is 0.465 e. The normalized spacial score (nSPS) is 16.8. The van der Waals surface area contributed by atoms with Crippen LogP contribution in [0.2, 0.25) is 0 Å². The summed E-state index contributed by atoms with van der Waals surface area (Å²) in [5.41, 5.74) is 2.55. The van der Waals surface area contributed by atoms with Crippen LogP contribution in [-0.4, -0.2) is 35.2 Å². The highest BCUT2D eigenvalue weighted by molar-refractivity contribution is 5.64. The van der Waals surface area contributed by atoms with E-state index in [0.29, 0.717) is 5.92 Å². The van der Waals surface area contributed by atoms with E-state index in [-0.39, 0.29) is 12.1 Å². The van der Waals surface area contributed by atoms with E-state index in [1.54, 1.807) is 0 Å². The molecule has 2 aromatic rings. The lowest BCUT2D eigenvalue weighted by Crippen LogP contribution is -2.56. The van der Waals surface area contributed by atoms with Crippen LogP contribution >= 0.6 is 0 Å². The van der Waals surface area contributed by atoms with Crippen LogP contribution in [-0.2, 0) is 0 Å². The zero-order valence-corrected chi connectivity index (χ0v) is 13.2. The Morgan fingerprint density at radius 1 is 1.04 bits per heavy atom. The van der Waals surface area contributed by atoms with Crippen molar-refractivity contribution in [1.29, 1.82) is 0 Å².